The molecule has 2 N–H and O–H groups in total. The first-order valence-corrected chi connectivity index (χ1v) is 7.02. The standard InChI is InChI=1S/C17H13FN2O4/c1-8-5-13-15(17(21)23-8)14(11(7-19)16(20)24-13)10-6-9(22-2)3-4-12(10)18/h3-6,14H,20H2,1-2H3/t14-/m1/s1. The topological polar surface area (TPSA) is 98.5 Å². The van der Waals surface area contributed by atoms with E-state index in [-0.39, 0.29) is 28.3 Å². The van der Waals surface area contributed by atoms with Crippen LogP contribution in [0.15, 0.2) is 44.9 Å². The third-order valence-electron chi connectivity index (χ3n) is 3.77. The predicted octanol–water partition coefficient (Wildman–Crippen LogP) is 2.31. The van der Waals surface area contributed by atoms with Crippen molar-refractivity contribution in [1.82, 2.24) is 0 Å². The minimum atomic E-state index is -1.04. The van der Waals surface area contributed by atoms with Gasteiger partial charge in [-0.2, -0.15) is 5.26 Å². The van der Waals surface area contributed by atoms with Crippen molar-refractivity contribution in [1.29, 1.82) is 5.26 Å². The van der Waals surface area contributed by atoms with Crippen LogP contribution >= 0.6 is 0 Å². The Morgan fingerprint density at radius 2 is 2.12 bits per heavy atom. The largest absolute Gasteiger partial charge is 0.497 e. The summed E-state index contributed by atoms with van der Waals surface area (Å²) in [6.45, 7) is 1.58. The van der Waals surface area contributed by atoms with Crippen molar-refractivity contribution in [3.05, 3.63) is 68.8 Å². The van der Waals surface area contributed by atoms with Crippen LogP contribution < -0.4 is 20.8 Å². The van der Waals surface area contributed by atoms with Gasteiger partial charge in [0.15, 0.2) is 0 Å². The molecular formula is C17H13FN2O4. The minimum Gasteiger partial charge on any atom is -0.497 e. The summed E-state index contributed by atoms with van der Waals surface area (Å²) >= 11 is 0. The number of nitrogens with two attached hydrogens (primary N) is 1. The second-order valence-electron chi connectivity index (χ2n) is 5.23. The van der Waals surface area contributed by atoms with E-state index in [1.807, 2.05) is 6.07 Å². The van der Waals surface area contributed by atoms with Gasteiger partial charge in [0, 0.05) is 11.6 Å². The number of hydrogen-bond acceptors (Lipinski definition) is 6. The molecule has 0 spiro atoms. The van der Waals surface area contributed by atoms with Gasteiger partial charge in [0.25, 0.3) is 0 Å². The van der Waals surface area contributed by atoms with Crippen molar-refractivity contribution in [3.8, 4) is 17.6 Å². The van der Waals surface area contributed by atoms with Gasteiger partial charge >= 0.3 is 5.63 Å². The molecule has 0 saturated heterocycles. The van der Waals surface area contributed by atoms with Crippen molar-refractivity contribution in [2.75, 3.05) is 7.11 Å². The third kappa shape index (κ3) is 2.38. The second kappa shape index (κ2) is 5.74. The summed E-state index contributed by atoms with van der Waals surface area (Å²) in [7, 11) is 1.43. The van der Waals surface area contributed by atoms with Crippen molar-refractivity contribution in [3.63, 3.8) is 0 Å². The van der Waals surface area contributed by atoms with Crippen LogP contribution in [0.3, 0.4) is 0 Å². The van der Waals surface area contributed by atoms with E-state index in [1.54, 1.807) is 6.92 Å². The first kappa shape index (κ1) is 15.6. The van der Waals surface area contributed by atoms with Crippen LogP contribution in [0.5, 0.6) is 11.5 Å². The van der Waals surface area contributed by atoms with E-state index >= 15 is 0 Å². The first-order chi connectivity index (χ1) is 11.5. The van der Waals surface area contributed by atoms with E-state index in [0.717, 1.165) is 0 Å². The molecule has 1 aliphatic rings. The van der Waals surface area contributed by atoms with Gasteiger partial charge in [-0.15, -0.1) is 0 Å². The van der Waals surface area contributed by atoms with E-state index in [9.17, 15) is 14.4 Å². The molecule has 1 aromatic heterocycles. The number of fused-ring (bicyclic) bond motifs is 1. The summed E-state index contributed by atoms with van der Waals surface area (Å²) in [6.07, 6.45) is 0. The summed E-state index contributed by atoms with van der Waals surface area (Å²) in [6, 6.07) is 7.42. The van der Waals surface area contributed by atoms with E-state index < -0.39 is 17.4 Å². The van der Waals surface area contributed by atoms with E-state index in [2.05, 4.69) is 0 Å². The number of ether oxygens (including phenoxy) is 2. The summed E-state index contributed by atoms with van der Waals surface area (Å²) < 4.78 is 30.0. The molecule has 0 radical (unpaired) electrons. The molecular weight excluding hydrogens is 315 g/mol. The summed E-state index contributed by atoms with van der Waals surface area (Å²) in [5.41, 5.74) is 5.13. The van der Waals surface area contributed by atoms with Gasteiger partial charge in [-0.1, -0.05) is 0 Å². The zero-order chi connectivity index (χ0) is 17.4. The van der Waals surface area contributed by atoms with Crippen molar-refractivity contribution in [2.45, 2.75) is 12.8 Å². The lowest BCUT2D eigenvalue weighted by Crippen LogP contribution is -2.26. The molecule has 0 bridgehead atoms. The molecule has 7 heteroatoms. The highest BCUT2D eigenvalue weighted by Crippen LogP contribution is 2.42. The molecule has 0 unspecified atom stereocenters. The second-order valence-corrected chi connectivity index (χ2v) is 5.23. The Bertz CT molecular complexity index is 956. The Morgan fingerprint density at radius 1 is 1.38 bits per heavy atom. The highest BCUT2D eigenvalue weighted by atomic mass is 19.1. The van der Waals surface area contributed by atoms with Gasteiger partial charge in [-0.3, -0.25) is 0 Å². The molecule has 1 aliphatic heterocycles. The smallest absolute Gasteiger partial charge is 0.343 e. The van der Waals surface area contributed by atoms with Crippen LogP contribution in [0.4, 0.5) is 4.39 Å². The zero-order valence-corrected chi connectivity index (χ0v) is 12.9. The molecule has 3 rings (SSSR count). The van der Waals surface area contributed by atoms with Crippen molar-refractivity contribution in [2.24, 2.45) is 5.73 Å². The molecule has 6 nitrogen and oxygen atoms in total. The molecule has 122 valence electrons. The minimum absolute atomic E-state index is 0.0264. The number of halogens is 1. The predicted molar refractivity (Wildman–Crippen MR) is 82.0 cm³/mol. The molecule has 0 amide bonds. The average molecular weight is 328 g/mol. The van der Waals surface area contributed by atoms with E-state index in [1.165, 1.54) is 31.4 Å². The maximum atomic E-state index is 14.4. The number of nitrogens with zero attached hydrogens (tertiary/aromatic N) is 1. The number of hydrogen-bond donors (Lipinski definition) is 1. The fraction of sp³-hybridized carbons (Fsp3) is 0.176. The highest BCUT2D eigenvalue weighted by Gasteiger charge is 2.36. The molecule has 1 atom stereocenters. The number of methoxy groups -OCH3 is 1. The molecule has 2 aromatic rings. The number of rotatable bonds is 2. The maximum Gasteiger partial charge on any atom is 0.343 e. The number of allylic oxidation sites excluding steroid dienone is 1. The fourth-order valence-electron chi connectivity index (χ4n) is 2.70. The number of aryl methyl sites for hydroxylation is 1. The molecule has 0 fully saturated rings. The van der Waals surface area contributed by atoms with Gasteiger partial charge in [-0.25, -0.2) is 9.18 Å². The van der Waals surface area contributed by atoms with Gasteiger partial charge in [0.2, 0.25) is 5.88 Å². The Labute approximate surface area is 136 Å². The quantitative estimate of drug-likeness (QED) is 0.908. The van der Waals surface area contributed by atoms with Crippen LogP contribution in [-0.4, -0.2) is 7.11 Å². The lowest BCUT2D eigenvalue weighted by Gasteiger charge is -2.25. The van der Waals surface area contributed by atoms with E-state index in [4.69, 9.17) is 19.6 Å². The Hall–Kier alpha value is -3.27. The van der Waals surface area contributed by atoms with Crippen LogP contribution in [0.1, 0.15) is 22.8 Å². The maximum absolute atomic E-state index is 14.4. The van der Waals surface area contributed by atoms with Gasteiger partial charge < -0.3 is 19.6 Å². The van der Waals surface area contributed by atoms with Crippen LogP contribution in [0.25, 0.3) is 0 Å². The van der Waals surface area contributed by atoms with Crippen LogP contribution in [0, 0.1) is 24.1 Å². The zero-order valence-electron chi connectivity index (χ0n) is 12.9. The normalized spacial score (nSPS) is 16.2. The van der Waals surface area contributed by atoms with Crippen LogP contribution in [-0.2, 0) is 0 Å². The molecule has 2 heterocycles. The number of nitriles is 1. The molecule has 0 saturated carbocycles. The SMILES string of the molecule is COc1ccc(F)c([C@@H]2C(C#N)=C(N)Oc3cc(C)oc(=O)c32)c1. The third-order valence-corrected chi connectivity index (χ3v) is 3.77. The summed E-state index contributed by atoms with van der Waals surface area (Å²) in [5, 5.41) is 9.43. The Morgan fingerprint density at radius 3 is 2.79 bits per heavy atom. The average Bonchev–Trinajstić information content (AvgIpc) is 2.53. The summed E-state index contributed by atoms with van der Waals surface area (Å²) in [4.78, 5) is 12.3. The molecule has 24 heavy (non-hydrogen) atoms. The highest BCUT2D eigenvalue weighted by molar-refractivity contribution is 5.55. The monoisotopic (exact) mass is 328 g/mol. The van der Waals surface area contributed by atoms with Crippen molar-refractivity contribution >= 4 is 0 Å². The lowest BCUT2D eigenvalue weighted by atomic mass is 9.84. The van der Waals surface area contributed by atoms with Gasteiger partial charge in [-0.05, 0) is 25.1 Å². The number of benzene rings is 1. The van der Waals surface area contributed by atoms with Gasteiger partial charge in [0.05, 0.1) is 18.6 Å². The first-order valence-electron chi connectivity index (χ1n) is 7.02. The van der Waals surface area contributed by atoms with Crippen LogP contribution in [0.2, 0.25) is 0 Å². The lowest BCUT2D eigenvalue weighted by molar-refractivity contribution is 0.369. The van der Waals surface area contributed by atoms with E-state index in [0.29, 0.717) is 11.5 Å². The molecule has 0 aliphatic carbocycles. The molecule has 1 aromatic carbocycles. The fourth-order valence-corrected chi connectivity index (χ4v) is 2.70. The van der Waals surface area contributed by atoms with Gasteiger partial charge in [0.1, 0.15) is 34.7 Å². The Balaban J connectivity index is 2.34. The van der Waals surface area contributed by atoms with Crippen molar-refractivity contribution < 1.29 is 18.3 Å². The Kier molecular flexibility index (Phi) is 3.73. The summed E-state index contributed by atoms with van der Waals surface area (Å²) in [5.74, 6) is -0.974.